The standard InChI is InChI=1S/C35H39N5O5/c1-23-20-40(24(2)22-41)33(42)19-26-18-28(36-34(43)38-30-15-9-11-25-10-7-8-14-29(25)30)16-17-31(26)45-32(23)21-39(3)35(44)37-27-12-5-4-6-13-27/h4-18,23-24,32,41H,19-22H2,1-3H3,(H,37,44)(H2,36,38,43)/t23-,24-,32-/m1/s1. The van der Waals surface area contributed by atoms with E-state index in [0.29, 0.717) is 34.9 Å². The number of likely N-dealkylation sites (N-methyl/N-ethyl adjacent to an activating group) is 1. The molecule has 0 spiro atoms. The molecule has 45 heavy (non-hydrogen) atoms. The van der Waals surface area contributed by atoms with Crippen LogP contribution in [0.15, 0.2) is 91.0 Å². The number of carbonyl (C=O) groups excluding carboxylic acids is 3. The zero-order valence-electron chi connectivity index (χ0n) is 25.7. The fourth-order valence-electron chi connectivity index (χ4n) is 5.44. The van der Waals surface area contributed by atoms with Gasteiger partial charge in [-0.2, -0.15) is 0 Å². The molecule has 0 bridgehead atoms. The Bertz CT molecular complexity index is 1660. The highest BCUT2D eigenvalue weighted by Crippen LogP contribution is 2.30. The molecule has 4 aromatic carbocycles. The number of aliphatic hydroxyl groups excluding tert-OH is 1. The number of hydrogen-bond donors (Lipinski definition) is 4. The fraction of sp³-hybridized carbons (Fsp3) is 0.286. The SMILES string of the molecule is C[C@@H]1CN([C@H](C)CO)C(=O)Cc2cc(NC(=O)Nc3cccc4ccccc34)ccc2O[C@@H]1CN(C)C(=O)Nc1ccccc1. The second-order valence-electron chi connectivity index (χ2n) is 11.5. The first-order valence-electron chi connectivity index (χ1n) is 15.0. The molecule has 10 heteroatoms. The van der Waals surface area contributed by atoms with Crippen molar-refractivity contribution in [1.29, 1.82) is 0 Å². The first-order valence-corrected chi connectivity index (χ1v) is 15.0. The van der Waals surface area contributed by atoms with E-state index >= 15 is 0 Å². The first kappa shape index (κ1) is 31.3. The number of aliphatic hydroxyl groups is 1. The van der Waals surface area contributed by atoms with Gasteiger partial charge in [0.2, 0.25) is 5.91 Å². The number of carbonyl (C=O) groups is 3. The second-order valence-corrected chi connectivity index (χ2v) is 11.5. The Morgan fingerprint density at radius 2 is 1.69 bits per heavy atom. The molecule has 5 rings (SSSR count). The summed E-state index contributed by atoms with van der Waals surface area (Å²) in [5, 5.41) is 20.5. The van der Waals surface area contributed by atoms with E-state index in [1.807, 2.05) is 79.7 Å². The summed E-state index contributed by atoms with van der Waals surface area (Å²) in [5.41, 5.74) is 2.44. The lowest BCUT2D eigenvalue weighted by Gasteiger charge is -2.34. The molecule has 1 aliphatic rings. The zero-order chi connectivity index (χ0) is 31.9. The second kappa shape index (κ2) is 14.1. The highest BCUT2D eigenvalue weighted by molar-refractivity contribution is 6.06. The molecule has 0 aromatic heterocycles. The quantitative estimate of drug-likeness (QED) is 0.211. The van der Waals surface area contributed by atoms with Crippen molar-refractivity contribution >= 4 is 45.8 Å². The van der Waals surface area contributed by atoms with Gasteiger partial charge in [-0.1, -0.05) is 61.5 Å². The monoisotopic (exact) mass is 609 g/mol. The Hall–Kier alpha value is -5.09. The number of hydrogen-bond acceptors (Lipinski definition) is 5. The van der Waals surface area contributed by atoms with Gasteiger partial charge in [0.25, 0.3) is 0 Å². The van der Waals surface area contributed by atoms with Gasteiger partial charge in [0.15, 0.2) is 0 Å². The maximum Gasteiger partial charge on any atom is 0.323 e. The third-order valence-electron chi connectivity index (χ3n) is 8.04. The van der Waals surface area contributed by atoms with Gasteiger partial charge >= 0.3 is 12.1 Å². The molecular formula is C35H39N5O5. The molecule has 1 heterocycles. The molecule has 0 fully saturated rings. The number of amides is 5. The lowest BCUT2D eigenvalue weighted by atomic mass is 10.0. The van der Waals surface area contributed by atoms with Crippen LogP contribution in [-0.2, 0) is 11.2 Å². The molecule has 0 saturated heterocycles. The molecule has 0 saturated carbocycles. The van der Waals surface area contributed by atoms with Crippen molar-refractivity contribution in [1.82, 2.24) is 9.80 Å². The predicted octanol–water partition coefficient (Wildman–Crippen LogP) is 5.80. The van der Waals surface area contributed by atoms with Crippen LogP contribution in [0.3, 0.4) is 0 Å². The number of rotatable bonds is 7. The number of nitrogens with zero attached hydrogens (tertiary/aromatic N) is 2. The van der Waals surface area contributed by atoms with Crippen molar-refractivity contribution in [3.05, 3.63) is 96.6 Å². The van der Waals surface area contributed by atoms with Crippen molar-refractivity contribution in [2.24, 2.45) is 5.92 Å². The minimum Gasteiger partial charge on any atom is -0.488 e. The smallest absolute Gasteiger partial charge is 0.323 e. The zero-order valence-corrected chi connectivity index (χ0v) is 25.7. The molecule has 3 atom stereocenters. The number of urea groups is 2. The van der Waals surface area contributed by atoms with Crippen LogP contribution in [0.2, 0.25) is 0 Å². The van der Waals surface area contributed by atoms with Crippen molar-refractivity contribution in [3.8, 4) is 5.75 Å². The summed E-state index contributed by atoms with van der Waals surface area (Å²) in [7, 11) is 1.70. The maximum atomic E-state index is 13.6. The van der Waals surface area contributed by atoms with Gasteiger partial charge in [-0.15, -0.1) is 0 Å². The van der Waals surface area contributed by atoms with E-state index in [2.05, 4.69) is 16.0 Å². The van der Waals surface area contributed by atoms with Crippen LogP contribution in [0.4, 0.5) is 26.7 Å². The summed E-state index contributed by atoms with van der Waals surface area (Å²) in [5.74, 6) is 0.155. The highest BCUT2D eigenvalue weighted by Gasteiger charge is 2.32. The number of anilines is 3. The van der Waals surface area contributed by atoms with Crippen molar-refractivity contribution in [2.45, 2.75) is 32.4 Å². The van der Waals surface area contributed by atoms with Crippen LogP contribution in [0, 0.1) is 5.92 Å². The first-order chi connectivity index (χ1) is 21.7. The molecule has 234 valence electrons. The van der Waals surface area contributed by atoms with E-state index in [1.54, 1.807) is 42.0 Å². The molecule has 0 aliphatic carbocycles. The lowest BCUT2D eigenvalue weighted by Crippen LogP contribution is -2.48. The van der Waals surface area contributed by atoms with Crippen LogP contribution in [0.5, 0.6) is 5.75 Å². The Morgan fingerprint density at radius 1 is 0.956 bits per heavy atom. The van der Waals surface area contributed by atoms with Crippen molar-refractivity contribution < 1.29 is 24.2 Å². The van der Waals surface area contributed by atoms with Gasteiger partial charge in [0, 0.05) is 41.8 Å². The number of nitrogens with one attached hydrogen (secondary N) is 3. The van der Waals surface area contributed by atoms with Crippen LogP contribution >= 0.6 is 0 Å². The van der Waals surface area contributed by atoms with Gasteiger partial charge < -0.3 is 35.6 Å². The van der Waals surface area contributed by atoms with Crippen molar-refractivity contribution in [2.75, 3.05) is 42.7 Å². The minimum atomic E-state index is -0.469. The summed E-state index contributed by atoms with van der Waals surface area (Å²) in [4.78, 5) is 42.8. The van der Waals surface area contributed by atoms with E-state index in [4.69, 9.17) is 4.74 Å². The Morgan fingerprint density at radius 3 is 2.47 bits per heavy atom. The molecule has 0 unspecified atom stereocenters. The molecule has 4 N–H and O–H groups in total. The average molecular weight is 610 g/mol. The lowest BCUT2D eigenvalue weighted by molar-refractivity contribution is -0.134. The number of ether oxygens (including phenoxy) is 1. The normalized spacial score (nSPS) is 17.2. The van der Waals surface area contributed by atoms with Gasteiger partial charge in [-0.05, 0) is 48.7 Å². The molecule has 5 amide bonds. The number of benzene rings is 4. The van der Waals surface area contributed by atoms with Crippen molar-refractivity contribution in [3.63, 3.8) is 0 Å². The van der Waals surface area contributed by atoms with E-state index in [1.165, 1.54) is 0 Å². The fourth-order valence-corrected chi connectivity index (χ4v) is 5.44. The average Bonchev–Trinajstić information content (AvgIpc) is 3.08. The van der Waals surface area contributed by atoms with Crippen LogP contribution in [0.1, 0.15) is 19.4 Å². The Labute approximate surface area is 263 Å². The van der Waals surface area contributed by atoms with Gasteiger partial charge in [-0.25, -0.2) is 9.59 Å². The van der Waals surface area contributed by atoms with E-state index in [-0.39, 0.29) is 37.4 Å². The summed E-state index contributed by atoms with van der Waals surface area (Å²) >= 11 is 0. The maximum absolute atomic E-state index is 13.6. The third-order valence-corrected chi connectivity index (χ3v) is 8.04. The summed E-state index contributed by atoms with van der Waals surface area (Å²) < 4.78 is 6.52. The number of para-hydroxylation sites is 1. The predicted molar refractivity (Wildman–Crippen MR) is 177 cm³/mol. The van der Waals surface area contributed by atoms with Gasteiger partial charge in [0.05, 0.1) is 31.3 Å². The molecule has 10 nitrogen and oxygen atoms in total. The summed E-state index contributed by atoms with van der Waals surface area (Å²) in [6.45, 7) is 4.17. The molecule has 0 radical (unpaired) electrons. The van der Waals surface area contributed by atoms with Gasteiger partial charge in [0.1, 0.15) is 11.9 Å². The minimum absolute atomic E-state index is 0.0178. The van der Waals surface area contributed by atoms with E-state index < -0.39 is 18.2 Å². The third kappa shape index (κ3) is 7.71. The molecular weight excluding hydrogens is 570 g/mol. The van der Waals surface area contributed by atoms with Gasteiger partial charge in [-0.3, -0.25) is 4.79 Å². The van der Waals surface area contributed by atoms with E-state index in [9.17, 15) is 19.5 Å². The summed E-state index contributed by atoms with van der Waals surface area (Å²) in [6, 6.07) is 26.8. The molecule has 4 aromatic rings. The molecule has 1 aliphatic heterocycles. The summed E-state index contributed by atoms with van der Waals surface area (Å²) in [6.07, 6.45) is -0.452. The topological polar surface area (TPSA) is 123 Å². The Kier molecular flexibility index (Phi) is 9.84. The van der Waals surface area contributed by atoms with E-state index in [0.717, 1.165) is 10.8 Å². The van der Waals surface area contributed by atoms with Crippen LogP contribution in [-0.4, -0.2) is 71.8 Å². The largest absolute Gasteiger partial charge is 0.488 e. The Balaban J connectivity index is 1.37. The highest BCUT2D eigenvalue weighted by atomic mass is 16.5. The van der Waals surface area contributed by atoms with Crippen LogP contribution in [0.25, 0.3) is 10.8 Å². The van der Waals surface area contributed by atoms with Crippen LogP contribution < -0.4 is 20.7 Å². The number of fused-ring (bicyclic) bond motifs is 2.